The number of ether oxygens (including phenoxy) is 6. The fourth-order valence-corrected chi connectivity index (χ4v) is 14.6. The minimum absolute atomic E-state index is 0.0662. The summed E-state index contributed by atoms with van der Waals surface area (Å²) < 4.78 is 44.2. The molecular weight excluding hydrogens is 813 g/mol. The Kier molecular flexibility index (Phi) is 19.4. The second-order valence-corrected chi connectivity index (χ2v) is 22.6. The normalized spacial score (nSPS) is 16.6. The molecule has 0 aliphatic carbocycles. The van der Waals surface area contributed by atoms with E-state index in [1.165, 1.54) is 6.92 Å². The van der Waals surface area contributed by atoms with Crippen LogP contribution in [0.5, 0.6) is 17.2 Å². The number of methoxy groups -OCH3 is 1. The molecule has 2 amide bonds. The smallest absolute Gasteiger partial charge is 0.410 e. The molecule has 1 fully saturated rings. The maximum atomic E-state index is 14.0. The van der Waals surface area contributed by atoms with Crippen molar-refractivity contribution in [2.24, 2.45) is 0 Å². The van der Waals surface area contributed by atoms with Gasteiger partial charge in [-0.1, -0.05) is 120 Å². The number of likely N-dealkylation sites (tertiary alicyclic amines) is 1. The van der Waals surface area contributed by atoms with Crippen LogP contribution in [-0.4, -0.2) is 90.6 Å². The van der Waals surface area contributed by atoms with E-state index in [-0.39, 0.29) is 31.1 Å². The highest BCUT2D eigenvalue weighted by atomic mass is 28.4. The molecule has 0 spiro atoms. The first-order valence-corrected chi connectivity index (χ1v) is 24.7. The van der Waals surface area contributed by atoms with Crippen LogP contribution in [0.1, 0.15) is 83.1 Å². The van der Waals surface area contributed by atoms with Crippen LogP contribution in [0.25, 0.3) is 0 Å². The lowest BCUT2D eigenvalue weighted by molar-refractivity contribution is -0.118. The van der Waals surface area contributed by atoms with Gasteiger partial charge in [0.2, 0.25) is 14.2 Å². The van der Waals surface area contributed by atoms with E-state index in [1.807, 2.05) is 91.0 Å². The number of carbonyl (C=O) groups excluding carboxylic acids is 2. The predicted molar refractivity (Wildman–Crippen MR) is 250 cm³/mol. The number of para-hydroxylation sites is 2. The summed E-state index contributed by atoms with van der Waals surface area (Å²) in [6, 6.07) is 33.7. The van der Waals surface area contributed by atoms with Crippen molar-refractivity contribution in [1.29, 1.82) is 0 Å². The average Bonchev–Trinajstić information content (AvgIpc) is 3.27. The Morgan fingerprint density at radius 3 is 2.00 bits per heavy atom. The summed E-state index contributed by atoms with van der Waals surface area (Å²) in [5, 5.41) is 2.87. The number of carbonyl (C=O) groups is 2. The molecule has 0 radical (unpaired) electrons. The first-order chi connectivity index (χ1) is 30.4. The fourth-order valence-electron chi connectivity index (χ4n) is 9.02. The molecule has 1 heterocycles. The molecule has 0 saturated carbocycles. The second-order valence-electron chi connectivity index (χ2n) is 17.2. The van der Waals surface area contributed by atoms with Crippen LogP contribution in [0, 0.1) is 0 Å². The number of hydrogen-bond donors (Lipinski definition) is 1. The van der Waals surface area contributed by atoms with Crippen LogP contribution in [0.15, 0.2) is 103 Å². The Morgan fingerprint density at radius 2 is 1.33 bits per heavy atom. The van der Waals surface area contributed by atoms with Crippen LogP contribution in [0.4, 0.5) is 4.79 Å². The molecule has 1 N–H and O–H groups in total. The van der Waals surface area contributed by atoms with E-state index in [4.69, 9.17) is 32.8 Å². The molecule has 3 atom stereocenters. The number of hydrogen-bond acceptors (Lipinski definition) is 9. The van der Waals surface area contributed by atoms with Crippen molar-refractivity contribution in [3.05, 3.63) is 125 Å². The van der Waals surface area contributed by atoms with E-state index in [0.717, 1.165) is 45.9 Å². The molecule has 4 aromatic carbocycles. The highest BCUT2D eigenvalue weighted by Gasteiger charge is 2.51. The first kappa shape index (κ1) is 49.1. The maximum Gasteiger partial charge on any atom is 0.410 e. The zero-order valence-corrected chi connectivity index (χ0v) is 39.7. The Balaban J connectivity index is 1.36. The largest absolute Gasteiger partial charge is 0.496 e. The van der Waals surface area contributed by atoms with Crippen molar-refractivity contribution >= 4 is 20.3 Å². The average molecular weight is 883 g/mol. The van der Waals surface area contributed by atoms with Gasteiger partial charge in [-0.15, -0.1) is 0 Å². The highest BCUT2D eigenvalue weighted by Crippen LogP contribution is 2.46. The quantitative estimate of drug-likeness (QED) is 0.0543. The van der Waals surface area contributed by atoms with Gasteiger partial charge in [-0.25, -0.2) is 4.79 Å². The number of amides is 2. The first-order valence-electron chi connectivity index (χ1n) is 22.5. The van der Waals surface area contributed by atoms with E-state index in [0.29, 0.717) is 69.1 Å². The zero-order valence-electron chi connectivity index (χ0n) is 38.7. The van der Waals surface area contributed by atoms with E-state index < -0.39 is 20.5 Å². The van der Waals surface area contributed by atoms with Crippen LogP contribution in [0.3, 0.4) is 0 Å². The van der Waals surface area contributed by atoms with Crippen LogP contribution >= 0.6 is 0 Å². The van der Waals surface area contributed by atoms with Gasteiger partial charge in [0.15, 0.2) is 0 Å². The van der Waals surface area contributed by atoms with Gasteiger partial charge in [0.05, 0.1) is 52.3 Å². The molecule has 12 heteroatoms. The molecule has 0 aromatic heterocycles. The molecule has 0 bridgehead atoms. The van der Waals surface area contributed by atoms with Crippen LogP contribution < -0.4 is 19.5 Å². The number of nitrogens with one attached hydrogen (secondary N) is 1. The summed E-state index contributed by atoms with van der Waals surface area (Å²) in [6.07, 6.45) is 0.178. The van der Waals surface area contributed by atoms with E-state index in [1.54, 1.807) is 12.0 Å². The molecule has 1 aliphatic heterocycles. The van der Waals surface area contributed by atoms with Gasteiger partial charge in [-0.2, -0.15) is 0 Å². The zero-order chi connectivity index (χ0) is 45.2. The number of benzene rings is 4. The monoisotopic (exact) mass is 882 g/mol. The molecule has 1 saturated heterocycles. The van der Waals surface area contributed by atoms with Crippen molar-refractivity contribution in [2.45, 2.75) is 109 Å². The molecule has 0 unspecified atom stereocenters. The van der Waals surface area contributed by atoms with Gasteiger partial charge in [0, 0.05) is 37.9 Å². The molecule has 342 valence electrons. The summed E-state index contributed by atoms with van der Waals surface area (Å²) in [5.74, 6) is 2.07. The van der Waals surface area contributed by atoms with Gasteiger partial charge in [-0.3, -0.25) is 4.79 Å². The third-order valence-corrected chi connectivity index (χ3v) is 18.1. The SMILES string of the molecule is COc1ccccc1COCCCOc1ccc([C@@H]2[C@@H](OCCOc3ccccc3CCNC(C)=O)CN(C(=O)OCc3ccccc3)C[C@H]2O[Si](C(C)C)(C(C)C)C(C)C)cc1. The Morgan fingerprint density at radius 1 is 0.698 bits per heavy atom. The van der Waals surface area contributed by atoms with Crippen molar-refractivity contribution in [3.63, 3.8) is 0 Å². The Bertz CT molecular complexity index is 1960. The molecule has 11 nitrogen and oxygen atoms in total. The van der Waals surface area contributed by atoms with Gasteiger partial charge in [0.1, 0.15) is 30.5 Å². The molecule has 5 rings (SSSR count). The minimum Gasteiger partial charge on any atom is -0.496 e. The number of rotatable bonds is 24. The summed E-state index contributed by atoms with van der Waals surface area (Å²) in [7, 11) is -0.790. The van der Waals surface area contributed by atoms with Gasteiger partial charge in [-0.05, 0) is 64.0 Å². The van der Waals surface area contributed by atoms with Crippen LogP contribution in [-0.2, 0) is 43.1 Å². The summed E-state index contributed by atoms with van der Waals surface area (Å²) >= 11 is 0. The molecule has 1 aliphatic rings. The van der Waals surface area contributed by atoms with Crippen molar-refractivity contribution in [2.75, 3.05) is 53.2 Å². The maximum absolute atomic E-state index is 14.0. The standard InChI is InChI=1S/C51H70N2O9Si/c1-37(2)63(38(3)4,39(5)6)62-49-34-53(51(55)61-35-41-17-10-9-11-18-41)33-48(60-32-31-59-47-22-15-12-19-42(47)27-28-52-40(7)54)50(49)43-23-25-45(26-24-43)58-30-16-29-57-36-44-20-13-14-21-46(44)56-8/h9-15,17-26,37-39,48-50H,16,27-36H2,1-8H3,(H,52,54)/t48-,49+,50+/m0/s1. The lowest BCUT2D eigenvalue weighted by Gasteiger charge is -2.50. The lowest BCUT2D eigenvalue weighted by Crippen LogP contribution is -2.60. The summed E-state index contributed by atoms with van der Waals surface area (Å²) in [5.41, 5.74) is 4.97. The Labute approximate surface area is 376 Å². The van der Waals surface area contributed by atoms with E-state index in [2.05, 4.69) is 59.0 Å². The lowest BCUT2D eigenvalue weighted by atomic mass is 9.84. The van der Waals surface area contributed by atoms with Crippen molar-refractivity contribution in [3.8, 4) is 17.2 Å². The molecule has 4 aromatic rings. The fraction of sp³-hybridized carbons (Fsp3) is 0.490. The molecular formula is C51H70N2O9Si. The van der Waals surface area contributed by atoms with Gasteiger partial charge in [0.25, 0.3) is 0 Å². The third-order valence-electron chi connectivity index (χ3n) is 12.0. The summed E-state index contributed by atoms with van der Waals surface area (Å²) in [6.45, 7) is 18.7. The minimum atomic E-state index is -2.46. The summed E-state index contributed by atoms with van der Waals surface area (Å²) in [4.78, 5) is 27.3. The number of piperidine rings is 1. The van der Waals surface area contributed by atoms with Crippen molar-refractivity contribution in [1.82, 2.24) is 10.2 Å². The molecule has 63 heavy (non-hydrogen) atoms. The van der Waals surface area contributed by atoms with Gasteiger partial charge < -0.3 is 43.1 Å². The van der Waals surface area contributed by atoms with Crippen LogP contribution in [0.2, 0.25) is 16.6 Å². The highest BCUT2D eigenvalue weighted by molar-refractivity contribution is 6.77. The topological polar surface area (TPSA) is 114 Å². The predicted octanol–water partition coefficient (Wildman–Crippen LogP) is 10.1. The van der Waals surface area contributed by atoms with Gasteiger partial charge >= 0.3 is 6.09 Å². The van der Waals surface area contributed by atoms with E-state index >= 15 is 0 Å². The third kappa shape index (κ3) is 14.1. The Hall–Kier alpha value is -4.88. The van der Waals surface area contributed by atoms with Crippen molar-refractivity contribution < 1.29 is 42.4 Å². The van der Waals surface area contributed by atoms with E-state index in [9.17, 15) is 9.59 Å². The number of nitrogens with zero attached hydrogens (tertiary/aromatic N) is 1. The second kappa shape index (κ2) is 24.8.